The van der Waals surface area contributed by atoms with Gasteiger partial charge in [-0.3, -0.25) is 4.79 Å². The van der Waals surface area contributed by atoms with Crippen molar-refractivity contribution in [2.45, 2.75) is 44.0 Å². The number of hydrogen-bond donors (Lipinski definition) is 1. The van der Waals surface area contributed by atoms with E-state index in [0.29, 0.717) is 13.0 Å². The molecule has 0 radical (unpaired) electrons. The van der Waals surface area contributed by atoms with Gasteiger partial charge in [-0.05, 0) is 51.0 Å². The molecule has 3 nitrogen and oxygen atoms in total. The Morgan fingerprint density at radius 2 is 2.11 bits per heavy atom. The van der Waals surface area contributed by atoms with Gasteiger partial charge in [-0.2, -0.15) is 0 Å². The van der Waals surface area contributed by atoms with E-state index in [-0.39, 0.29) is 5.97 Å². The van der Waals surface area contributed by atoms with E-state index in [2.05, 4.69) is 19.1 Å². The lowest BCUT2D eigenvalue weighted by atomic mass is 9.98. The third-order valence-electron chi connectivity index (χ3n) is 2.93. The molecule has 1 unspecified atom stereocenters. The van der Waals surface area contributed by atoms with Crippen molar-refractivity contribution >= 4 is 17.7 Å². The third kappa shape index (κ3) is 5.25. The number of benzene rings is 1. The van der Waals surface area contributed by atoms with E-state index in [4.69, 9.17) is 10.5 Å². The van der Waals surface area contributed by atoms with Crippen LogP contribution in [-0.4, -0.2) is 23.9 Å². The first-order chi connectivity index (χ1) is 8.97. The molecule has 1 rings (SSSR count). The lowest BCUT2D eigenvalue weighted by Gasteiger charge is -2.21. The van der Waals surface area contributed by atoms with Crippen LogP contribution in [0.1, 0.15) is 32.3 Å². The summed E-state index contributed by atoms with van der Waals surface area (Å²) in [6.45, 7) is 6.02. The molecule has 0 aromatic heterocycles. The number of ether oxygens (including phenoxy) is 1. The fourth-order valence-electron chi connectivity index (χ4n) is 1.74. The van der Waals surface area contributed by atoms with Gasteiger partial charge in [-0.15, -0.1) is 11.8 Å². The van der Waals surface area contributed by atoms with E-state index in [1.807, 2.05) is 12.1 Å². The van der Waals surface area contributed by atoms with Crippen LogP contribution in [0.2, 0.25) is 0 Å². The van der Waals surface area contributed by atoms with E-state index in [9.17, 15) is 4.79 Å². The van der Waals surface area contributed by atoms with E-state index in [0.717, 1.165) is 12.2 Å². The van der Waals surface area contributed by atoms with Gasteiger partial charge >= 0.3 is 5.97 Å². The van der Waals surface area contributed by atoms with Crippen LogP contribution in [0, 0.1) is 6.92 Å². The standard InChI is InChI=1S/C15H23NO2S/c1-4-18-14(17)15(3,16)10-7-11-19-13-9-6-5-8-12(13)2/h5-6,8-9H,4,7,10-11,16H2,1-3H3. The fraction of sp³-hybridized carbons (Fsp3) is 0.533. The van der Waals surface area contributed by atoms with E-state index >= 15 is 0 Å². The summed E-state index contributed by atoms with van der Waals surface area (Å²) in [7, 11) is 0. The number of aryl methyl sites for hydroxylation is 1. The van der Waals surface area contributed by atoms with Crippen molar-refractivity contribution in [3.8, 4) is 0 Å². The summed E-state index contributed by atoms with van der Waals surface area (Å²) in [6.07, 6.45) is 1.54. The molecule has 0 aliphatic heterocycles. The number of thioether (sulfide) groups is 1. The Morgan fingerprint density at radius 3 is 2.74 bits per heavy atom. The van der Waals surface area contributed by atoms with Gasteiger partial charge in [0.15, 0.2) is 0 Å². The summed E-state index contributed by atoms with van der Waals surface area (Å²) in [4.78, 5) is 12.9. The first kappa shape index (κ1) is 16.1. The zero-order valence-corrected chi connectivity index (χ0v) is 12.8. The number of rotatable bonds is 7. The number of hydrogen-bond acceptors (Lipinski definition) is 4. The van der Waals surface area contributed by atoms with Crippen LogP contribution in [0.15, 0.2) is 29.2 Å². The van der Waals surface area contributed by atoms with Crippen molar-refractivity contribution < 1.29 is 9.53 Å². The smallest absolute Gasteiger partial charge is 0.325 e. The van der Waals surface area contributed by atoms with Gasteiger partial charge < -0.3 is 10.5 Å². The number of esters is 1. The monoisotopic (exact) mass is 281 g/mol. The first-order valence-electron chi connectivity index (χ1n) is 6.62. The highest BCUT2D eigenvalue weighted by Gasteiger charge is 2.29. The fourth-order valence-corrected chi connectivity index (χ4v) is 2.72. The van der Waals surface area contributed by atoms with Gasteiger partial charge in [0.05, 0.1) is 6.61 Å². The molecule has 0 amide bonds. The highest BCUT2D eigenvalue weighted by Crippen LogP contribution is 2.24. The summed E-state index contributed by atoms with van der Waals surface area (Å²) < 4.78 is 4.97. The molecular formula is C15H23NO2S. The van der Waals surface area contributed by atoms with Crippen molar-refractivity contribution in [3.05, 3.63) is 29.8 Å². The Labute approximate surface area is 119 Å². The van der Waals surface area contributed by atoms with Gasteiger partial charge in [0.2, 0.25) is 0 Å². The van der Waals surface area contributed by atoms with Crippen molar-refractivity contribution in [2.24, 2.45) is 5.73 Å². The average Bonchev–Trinajstić information content (AvgIpc) is 2.37. The van der Waals surface area contributed by atoms with Crippen molar-refractivity contribution in [2.75, 3.05) is 12.4 Å². The molecule has 0 aliphatic rings. The molecule has 2 N–H and O–H groups in total. The van der Waals surface area contributed by atoms with Gasteiger partial charge in [-0.1, -0.05) is 18.2 Å². The van der Waals surface area contributed by atoms with E-state index < -0.39 is 5.54 Å². The van der Waals surface area contributed by atoms with Crippen LogP contribution in [-0.2, 0) is 9.53 Å². The third-order valence-corrected chi connectivity index (χ3v) is 4.20. The Hall–Kier alpha value is -1.00. The van der Waals surface area contributed by atoms with Crippen LogP contribution in [0.25, 0.3) is 0 Å². The largest absolute Gasteiger partial charge is 0.465 e. The van der Waals surface area contributed by atoms with Crippen LogP contribution in [0.4, 0.5) is 0 Å². The maximum atomic E-state index is 11.6. The maximum absolute atomic E-state index is 11.6. The summed E-state index contributed by atoms with van der Waals surface area (Å²) in [5.41, 5.74) is 6.38. The van der Waals surface area contributed by atoms with Crippen molar-refractivity contribution in [3.63, 3.8) is 0 Å². The van der Waals surface area contributed by atoms with Crippen molar-refractivity contribution in [1.82, 2.24) is 0 Å². The predicted octanol–water partition coefficient (Wildman–Crippen LogP) is 3.15. The first-order valence-corrected chi connectivity index (χ1v) is 7.60. The second-order valence-electron chi connectivity index (χ2n) is 4.86. The van der Waals surface area contributed by atoms with Crippen molar-refractivity contribution in [1.29, 1.82) is 0 Å². The summed E-state index contributed by atoms with van der Waals surface area (Å²) in [6, 6.07) is 8.30. The van der Waals surface area contributed by atoms with Crippen LogP contribution >= 0.6 is 11.8 Å². The van der Waals surface area contributed by atoms with E-state index in [1.54, 1.807) is 25.6 Å². The Balaban J connectivity index is 2.35. The Kier molecular flexibility index (Phi) is 6.38. The number of carbonyl (C=O) groups excluding carboxylic acids is 1. The van der Waals surface area contributed by atoms with Gasteiger partial charge in [0.1, 0.15) is 5.54 Å². The highest BCUT2D eigenvalue weighted by atomic mass is 32.2. The summed E-state index contributed by atoms with van der Waals surface area (Å²) in [5, 5.41) is 0. The molecule has 1 aromatic carbocycles. The molecule has 19 heavy (non-hydrogen) atoms. The minimum atomic E-state index is -0.873. The van der Waals surface area contributed by atoms with Crippen LogP contribution in [0.5, 0.6) is 0 Å². The van der Waals surface area contributed by atoms with E-state index in [1.165, 1.54) is 10.5 Å². The van der Waals surface area contributed by atoms with Crippen LogP contribution < -0.4 is 5.73 Å². The molecule has 0 bridgehead atoms. The molecule has 0 saturated heterocycles. The number of carbonyl (C=O) groups is 1. The molecule has 106 valence electrons. The zero-order chi connectivity index (χ0) is 14.3. The second-order valence-corrected chi connectivity index (χ2v) is 5.99. The quantitative estimate of drug-likeness (QED) is 0.474. The molecule has 0 heterocycles. The zero-order valence-electron chi connectivity index (χ0n) is 11.9. The average molecular weight is 281 g/mol. The van der Waals surface area contributed by atoms with Gasteiger partial charge in [-0.25, -0.2) is 0 Å². The maximum Gasteiger partial charge on any atom is 0.325 e. The molecule has 0 saturated carbocycles. The molecule has 0 spiro atoms. The predicted molar refractivity (Wildman–Crippen MR) is 80.4 cm³/mol. The normalized spacial score (nSPS) is 13.9. The van der Waals surface area contributed by atoms with Gasteiger partial charge in [0.25, 0.3) is 0 Å². The SMILES string of the molecule is CCOC(=O)C(C)(N)CCCSc1ccccc1C. The molecule has 0 aliphatic carbocycles. The highest BCUT2D eigenvalue weighted by molar-refractivity contribution is 7.99. The number of nitrogens with two attached hydrogens (primary N) is 1. The Morgan fingerprint density at radius 1 is 1.42 bits per heavy atom. The Bertz CT molecular complexity index is 418. The van der Waals surface area contributed by atoms with Crippen LogP contribution in [0.3, 0.4) is 0 Å². The molecular weight excluding hydrogens is 258 g/mol. The molecule has 1 aromatic rings. The lowest BCUT2D eigenvalue weighted by molar-refractivity contribution is -0.149. The van der Waals surface area contributed by atoms with Gasteiger partial charge in [0, 0.05) is 4.90 Å². The molecule has 0 fully saturated rings. The molecule has 4 heteroatoms. The minimum absolute atomic E-state index is 0.309. The topological polar surface area (TPSA) is 52.3 Å². The summed E-state index contributed by atoms with van der Waals surface area (Å²) in [5.74, 6) is 0.646. The summed E-state index contributed by atoms with van der Waals surface area (Å²) >= 11 is 1.81. The minimum Gasteiger partial charge on any atom is -0.465 e. The molecule has 1 atom stereocenters. The lowest BCUT2D eigenvalue weighted by Crippen LogP contribution is -2.46. The second kappa shape index (κ2) is 7.56.